The summed E-state index contributed by atoms with van der Waals surface area (Å²) in [6.45, 7) is 2.60. The summed E-state index contributed by atoms with van der Waals surface area (Å²) in [6, 6.07) is 3.56. The van der Waals surface area contributed by atoms with Gasteiger partial charge in [0.1, 0.15) is 5.82 Å². The molecule has 2 fully saturated rings. The van der Waals surface area contributed by atoms with Gasteiger partial charge in [-0.05, 0) is 30.9 Å². The molecule has 0 bridgehead atoms. The molecule has 1 aliphatic carbocycles. The Morgan fingerprint density at radius 2 is 1.71 bits per heavy atom. The topological polar surface area (TPSA) is 62.5 Å². The molecule has 2 aliphatic rings. The molecular formula is C19H21F2N7. The molecule has 1 saturated heterocycles. The molecule has 0 N–H and O–H groups in total. The molecule has 0 atom stereocenters. The van der Waals surface area contributed by atoms with Crippen molar-refractivity contribution >= 4 is 17.3 Å². The second-order valence-corrected chi connectivity index (χ2v) is 7.40. The number of pyridine rings is 1. The number of nitrogens with zero attached hydrogens (tertiary/aromatic N) is 7. The molecule has 7 nitrogen and oxygen atoms in total. The molecule has 1 saturated carbocycles. The van der Waals surface area contributed by atoms with E-state index in [0.29, 0.717) is 43.7 Å². The van der Waals surface area contributed by atoms with Crippen LogP contribution in [0.4, 0.5) is 20.4 Å². The summed E-state index contributed by atoms with van der Waals surface area (Å²) < 4.78 is 29.7. The minimum Gasteiger partial charge on any atom is -0.367 e. The summed E-state index contributed by atoms with van der Waals surface area (Å²) in [5, 5.41) is 8.31. The SMILES string of the molecule is FC(F)c1c(N2CCN(c3ncccn3)CC2)ccn2c(CC3CC3)nnc12. The Labute approximate surface area is 161 Å². The maximum Gasteiger partial charge on any atom is 0.269 e. The molecule has 9 heteroatoms. The van der Waals surface area contributed by atoms with Crippen LogP contribution in [0.25, 0.3) is 5.65 Å². The molecule has 146 valence electrons. The highest BCUT2D eigenvalue weighted by atomic mass is 19.3. The van der Waals surface area contributed by atoms with Crippen LogP contribution < -0.4 is 9.80 Å². The number of aromatic nitrogens is 5. The van der Waals surface area contributed by atoms with Gasteiger partial charge in [-0.15, -0.1) is 10.2 Å². The molecule has 0 aromatic carbocycles. The first-order valence-corrected chi connectivity index (χ1v) is 9.62. The molecule has 3 aromatic heterocycles. The highest BCUT2D eigenvalue weighted by Gasteiger charge is 2.29. The number of rotatable bonds is 5. The molecule has 0 radical (unpaired) electrons. The van der Waals surface area contributed by atoms with Crippen LogP contribution in [0.2, 0.25) is 0 Å². The number of anilines is 2. The average molecular weight is 385 g/mol. The number of alkyl halides is 2. The first kappa shape index (κ1) is 17.3. The third-order valence-electron chi connectivity index (χ3n) is 5.51. The van der Waals surface area contributed by atoms with Gasteiger partial charge < -0.3 is 9.80 Å². The fourth-order valence-electron chi connectivity index (χ4n) is 3.82. The minimum atomic E-state index is -2.60. The fraction of sp³-hybridized carbons (Fsp3) is 0.474. The van der Waals surface area contributed by atoms with E-state index in [-0.39, 0.29) is 11.2 Å². The van der Waals surface area contributed by atoms with Crippen LogP contribution in [0.1, 0.15) is 30.7 Å². The third-order valence-corrected chi connectivity index (χ3v) is 5.51. The number of hydrogen-bond acceptors (Lipinski definition) is 6. The van der Waals surface area contributed by atoms with Gasteiger partial charge in [0.15, 0.2) is 5.65 Å². The summed E-state index contributed by atoms with van der Waals surface area (Å²) >= 11 is 0. The van der Waals surface area contributed by atoms with Crippen molar-refractivity contribution in [1.82, 2.24) is 24.6 Å². The predicted octanol–water partition coefficient (Wildman–Crippen LogP) is 2.74. The van der Waals surface area contributed by atoms with E-state index in [2.05, 4.69) is 25.1 Å². The Hall–Kier alpha value is -2.84. The smallest absolute Gasteiger partial charge is 0.269 e. The molecule has 0 spiro atoms. The van der Waals surface area contributed by atoms with Gasteiger partial charge in [0, 0.05) is 51.2 Å². The fourth-order valence-corrected chi connectivity index (χ4v) is 3.82. The highest BCUT2D eigenvalue weighted by molar-refractivity contribution is 5.66. The zero-order valence-corrected chi connectivity index (χ0v) is 15.4. The first-order valence-electron chi connectivity index (χ1n) is 9.62. The zero-order chi connectivity index (χ0) is 19.1. The predicted molar refractivity (Wildman–Crippen MR) is 101 cm³/mol. The van der Waals surface area contributed by atoms with Crippen LogP contribution in [0.5, 0.6) is 0 Å². The number of fused-ring (bicyclic) bond motifs is 1. The minimum absolute atomic E-state index is 0.0264. The van der Waals surface area contributed by atoms with Crippen molar-refractivity contribution in [2.45, 2.75) is 25.7 Å². The summed E-state index contributed by atoms with van der Waals surface area (Å²) in [5.74, 6) is 2.07. The standard InChI is InChI=1S/C19H21F2N7/c20-17(21)16-14(4-7-28-15(12-13-2-3-13)24-25-18(16)28)26-8-10-27(11-9-26)19-22-5-1-6-23-19/h1,4-7,13,17H,2-3,8-12H2. The lowest BCUT2D eigenvalue weighted by Gasteiger charge is -2.36. The molecular weight excluding hydrogens is 364 g/mol. The Morgan fingerprint density at radius 3 is 2.39 bits per heavy atom. The van der Waals surface area contributed by atoms with Crippen LogP contribution in [0, 0.1) is 5.92 Å². The Balaban J connectivity index is 1.42. The van der Waals surface area contributed by atoms with E-state index < -0.39 is 6.43 Å². The van der Waals surface area contributed by atoms with Gasteiger partial charge >= 0.3 is 0 Å². The van der Waals surface area contributed by atoms with Crippen LogP contribution >= 0.6 is 0 Å². The number of hydrogen-bond donors (Lipinski definition) is 0. The van der Waals surface area contributed by atoms with E-state index in [4.69, 9.17) is 0 Å². The van der Waals surface area contributed by atoms with Gasteiger partial charge in [-0.3, -0.25) is 4.40 Å². The molecule has 0 amide bonds. The van der Waals surface area contributed by atoms with Crippen LogP contribution in [0.3, 0.4) is 0 Å². The zero-order valence-electron chi connectivity index (χ0n) is 15.4. The van der Waals surface area contributed by atoms with Gasteiger partial charge in [0.05, 0.1) is 11.3 Å². The maximum absolute atomic E-state index is 14.0. The first-order chi connectivity index (χ1) is 13.7. The largest absolute Gasteiger partial charge is 0.367 e. The Bertz CT molecular complexity index is 963. The third kappa shape index (κ3) is 3.14. The second-order valence-electron chi connectivity index (χ2n) is 7.40. The van der Waals surface area contributed by atoms with E-state index >= 15 is 0 Å². The molecule has 4 heterocycles. The van der Waals surface area contributed by atoms with E-state index in [1.165, 1.54) is 12.8 Å². The summed E-state index contributed by atoms with van der Waals surface area (Å²) in [7, 11) is 0. The van der Waals surface area contributed by atoms with Gasteiger partial charge in [-0.2, -0.15) is 0 Å². The molecule has 5 rings (SSSR count). The number of halogens is 2. The van der Waals surface area contributed by atoms with Crippen LogP contribution in [-0.2, 0) is 6.42 Å². The van der Waals surface area contributed by atoms with Crippen LogP contribution in [0.15, 0.2) is 30.7 Å². The van der Waals surface area contributed by atoms with E-state index in [1.54, 1.807) is 28.9 Å². The highest BCUT2D eigenvalue weighted by Crippen LogP contribution is 2.36. The molecule has 28 heavy (non-hydrogen) atoms. The maximum atomic E-state index is 14.0. The van der Waals surface area contributed by atoms with Gasteiger partial charge in [0.25, 0.3) is 6.43 Å². The Morgan fingerprint density at radius 1 is 1.00 bits per heavy atom. The average Bonchev–Trinajstić information content (AvgIpc) is 3.46. The van der Waals surface area contributed by atoms with Gasteiger partial charge in [-0.25, -0.2) is 18.7 Å². The van der Waals surface area contributed by atoms with Crippen LogP contribution in [-0.4, -0.2) is 50.7 Å². The summed E-state index contributed by atoms with van der Waals surface area (Å²) in [6.07, 6.45) is 5.82. The van der Waals surface area contributed by atoms with Crippen molar-refractivity contribution in [3.8, 4) is 0 Å². The van der Waals surface area contributed by atoms with E-state index in [9.17, 15) is 8.78 Å². The monoisotopic (exact) mass is 385 g/mol. The number of piperazine rings is 1. The lowest BCUT2D eigenvalue weighted by molar-refractivity contribution is 0.153. The lowest BCUT2D eigenvalue weighted by atomic mass is 10.1. The lowest BCUT2D eigenvalue weighted by Crippen LogP contribution is -2.47. The van der Waals surface area contributed by atoms with Crippen molar-refractivity contribution in [1.29, 1.82) is 0 Å². The van der Waals surface area contributed by atoms with E-state index in [0.717, 1.165) is 12.2 Å². The van der Waals surface area contributed by atoms with Crippen molar-refractivity contribution in [3.05, 3.63) is 42.1 Å². The normalized spacial score (nSPS) is 17.7. The van der Waals surface area contributed by atoms with Gasteiger partial charge in [-0.1, -0.05) is 0 Å². The van der Waals surface area contributed by atoms with Crippen molar-refractivity contribution in [2.75, 3.05) is 36.0 Å². The Kier molecular flexibility index (Phi) is 4.29. The van der Waals surface area contributed by atoms with Crippen molar-refractivity contribution in [3.63, 3.8) is 0 Å². The quantitative estimate of drug-likeness (QED) is 0.673. The summed E-state index contributed by atoms with van der Waals surface area (Å²) in [5.41, 5.74) is 0.792. The van der Waals surface area contributed by atoms with Crippen molar-refractivity contribution < 1.29 is 8.78 Å². The summed E-state index contributed by atoms with van der Waals surface area (Å²) in [4.78, 5) is 12.6. The second kappa shape index (κ2) is 6.96. The van der Waals surface area contributed by atoms with Crippen molar-refractivity contribution in [2.24, 2.45) is 5.92 Å². The molecule has 3 aromatic rings. The van der Waals surface area contributed by atoms with E-state index in [1.807, 2.05) is 11.1 Å². The van der Waals surface area contributed by atoms with Gasteiger partial charge in [0.2, 0.25) is 5.95 Å². The molecule has 1 aliphatic heterocycles. The molecule has 0 unspecified atom stereocenters.